The van der Waals surface area contributed by atoms with Crippen LogP contribution in [0.5, 0.6) is 5.75 Å². The number of aromatic hydroxyl groups is 1. The van der Waals surface area contributed by atoms with Crippen molar-refractivity contribution in [2.75, 3.05) is 0 Å². The van der Waals surface area contributed by atoms with Crippen LogP contribution in [0.2, 0.25) is 0 Å². The first-order valence-electron chi connectivity index (χ1n) is 16.0. The Labute approximate surface area is 270 Å². The van der Waals surface area contributed by atoms with Gasteiger partial charge in [-0.05, 0) is 76.1 Å². The summed E-state index contributed by atoms with van der Waals surface area (Å²) < 4.78 is 2.29. The number of phenols is 1. The highest BCUT2D eigenvalue weighted by atomic mass is 16.3. The van der Waals surface area contributed by atoms with Crippen molar-refractivity contribution >= 4 is 11.0 Å². The van der Waals surface area contributed by atoms with Gasteiger partial charge in [-0.1, -0.05) is 119 Å². The minimum Gasteiger partial charge on any atom is -0.507 e. The molecule has 4 heteroatoms. The Bertz CT molecular complexity index is 2140. The van der Waals surface area contributed by atoms with Gasteiger partial charge in [0.1, 0.15) is 11.6 Å². The van der Waals surface area contributed by atoms with Crippen molar-refractivity contribution in [3.8, 4) is 56.3 Å². The van der Waals surface area contributed by atoms with Crippen molar-refractivity contribution in [2.45, 2.75) is 39.5 Å². The summed E-state index contributed by atoms with van der Waals surface area (Å²) in [4.78, 5) is 10.0. The molecule has 0 bridgehead atoms. The number of fused-ring (bicyclic) bond motifs is 1. The predicted octanol–water partition coefficient (Wildman–Crippen LogP) is 11.0. The van der Waals surface area contributed by atoms with Crippen LogP contribution in [0.4, 0.5) is 0 Å². The zero-order valence-electron chi connectivity index (χ0n) is 26.6. The SMILES string of the molecule is CC(C)c1cccc(C(C)C)c1-n1c(-c2cc(-c3ccccc3)ccc2O)nc2c(-c3cccc(-c4ccccn4)c3)cccc21. The second-order valence-electron chi connectivity index (χ2n) is 12.4. The predicted molar refractivity (Wildman–Crippen MR) is 190 cm³/mol. The van der Waals surface area contributed by atoms with E-state index in [0.717, 1.165) is 50.2 Å². The molecule has 4 nitrogen and oxygen atoms in total. The van der Waals surface area contributed by atoms with Gasteiger partial charge in [0, 0.05) is 17.3 Å². The molecular weight excluding hydrogens is 562 g/mol. The topological polar surface area (TPSA) is 50.9 Å². The average molecular weight is 600 g/mol. The Morgan fingerprint density at radius 2 is 1.24 bits per heavy atom. The molecule has 0 saturated carbocycles. The molecule has 0 atom stereocenters. The van der Waals surface area contributed by atoms with E-state index in [0.29, 0.717) is 11.4 Å². The van der Waals surface area contributed by atoms with Crippen LogP contribution in [0.3, 0.4) is 0 Å². The molecule has 0 unspecified atom stereocenters. The molecule has 0 amide bonds. The van der Waals surface area contributed by atoms with Crippen molar-refractivity contribution < 1.29 is 5.11 Å². The van der Waals surface area contributed by atoms with E-state index in [-0.39, 0.29) is 17.6 Å². The Morgan fingerprint density at radius 1 is 0.565 bits per heavy atom. The van der Waals surface area contributed by atoms with Crippen molar-refractivity contribution in [1.82, 2.24) is 14.5 Å². The number of benzene rings is 5. The lowest BCUT2D eigenvalue weighted by molar-refractivity contribution is 0.477. The molecule has 0 aliphatic rings. The molecule has 7 aromatic rings. The number of pyridine rings is 1. The number of rotatable bonds is 7. The fraction of sp³-hybridized carbons (Fsp3) is 0.143. The van der Waals surface area contributed by atoms with Gasteiger partial charge in [0.05, 0.1) is 28.0 Å². The third-order valence-corrected chi connectivity index (χ3v) is 8.73. The highest BCUT2D eigenvalue weighted by Gasteiger charge is 2.25. The second-order valence-corrected chi connectivity index (χ2v) is 12.4. The fourth-order valence-electron chi connectivity index (χ4n) is 6.41. The number of hydrogen-bond acceptors (Lipinski definition) is 3. The molecule has 0 saturated heterocycles. The summed E-state index contributed by atoms with van der Waals surface area (Å²) in [6, 6.07) is 43.6. The number of nitrogens with zero attached hydrogens (tertiary/aromatic N) is 3. The highest BCUT2D eigenvalue weighted by molar-refractivity contribution is 5.97. The lowest BCUT2D eigenvalue weighted by Crippen LogP contribution is -2.08. The van der Waals surface area contributed by atoms with Gasteiger partial charge in [0.2, 0.25) is 0 Å². The van der Waals surface area contributed by atoms with Gasteiger partial charge in [0.25, 0.3) is 0 Å². The monoisotopic (exact) mass is 599 g/mol. The van der Waals surface area contributed by atoms with Crippen LogP contribution in [0.1, 0.15) is 50.7 Å². The van der Waals surface area contributed by atoms with Gasteiger partial charge in [-0.2, -0.15) is 0 Å². The number of imidazole rings is 1. The smallest absolute Gasteiger partial charge is 0.149 e. The minimum atomic E-state index is 0.197. The second kappa shape index (κ2) is 12.1. The zero-order valence-corrected chi connectivity index (χ0v) is 26.6. The molecular formula is C42H37N3O. The molecule has 0 aliphatic heterocycles. The molecule has 5 aromatic carbocycles. The largest absolute Gasteiger partial charge is 0.507 e. The van der Waals surface area contributed by atoms with E-state index in [4.69, 9.17) is 4.98 Å². The molecule has 0 fully saturated rings. The van der Waals surface area contributed by atoms with E-state index < -0.39 is 0 Å². The molecule has 2 aromatic heterocycles. The number of phenolic OH excluding ortho intramolecular Hbond substituents is 1. The first-order chi connectivity index (χ1) is 22.4. The van der Waals surface area contributed by atoms with Crippen LogP contribution < -0.4 is 0 Å². The van der Waals surface area contributed by atoms with Crippen LogP contribution in [0.15, 0.2) is 134 Å². The Morgan fingerprint density at radius 3 is 1.96 bits per heavy atom. The van der Waals surface area contributed by atoms with Crippen molar-refractivity contribution in [1.29, 1.82) is 0 Å². The van der Waals surface area contributed by atoms with Gasteiger partial charge < -0.3 is 5.11 Å². The number of para-hydroxylation sites is 2. The van der Waals surface area contributed by atoms with E-state index >= 15 is 0 Å². The van der Waals surface area contributed by atoms with Crippen LogP contribution in [-0.2, 0) is 0 Å². The molecule has 0 spiro atoms. The Kier molecular flexibility index (Phi) is 7.71. The third kappa shape index (κ3) is 5.26. The summed E-state index contributed by atoms with van der Waals surface area (Å²) in [5, 5.41) is 11.5. The lowest BCUT2D eigenvalue weighted by atomic mass is 9.92. The van der Waals surface area contributed by atoms with Gasteiger partial charge >= 0.3 is 0 Å². The van der Waals surface area contributed by atoms with E-state index in [1.807, 2.05) is 48.7 Å². The standard InChI is InChI=1S/C42H37N3O/c1-27(2)33-17-11-18-34(28(3)4)41(33)45-38-21-12-19-35(31-15-10-16-32(25-31)37-20-8-9-24-43-37)40(38)44-42(45)36-26-30(22-23-39(36)46)29-13-6-5-7-14-29/h5-28,46H,1-4H3. The summed E-state index contributed by atoms with van der Waals surface area (Å²) in [7, 11) is 0. The van der Waals surface area contributed by atoms with Gasteiger partial charge in [-0.15, -0.1) is 0 Å². The van der Waals surface area contributed by atoms with Gasteiger partial charge in [-0.25, -0.2) is 4.98 Å². The zero-order chi connectivity index (χ0) is 31.8. The summed E-state index contributed by atoms with van der Waals surface area (Å²) >= 11 is 0. The molecule has 7 rings (SSSR count). The average Bonchev–Trinajstić information content (AvgIpc) is 3.48. The molecule has 1 N–H and O–H groups in total. The van der Waals surface area contributed by atoms with E-state index in [2.05, 4.69) is 116 Å². The highest BCUT2D eigenvalue weighted by Crippen LogP contribution is 2.42. The van der Waals surface area contributed by atoms with Crippen LogP contribution in [0, 0.1) is 0 Å². The molecule has 0 radical (unpaired) electrons. The number of aromatic nitrogens is 3. The van der Waals surface area contributed by atoms with E-state index in [9.17, 15) is 5.11 Å². The molecule has 226 valence electrons. The Balaban J connectivity index is 1.55. The first-order valence-corrected chi connectivity index (χ1v) is 16.0. The van der Waals surface area contributed by atoms with Gasteiger partial charge in [0.15, 0.2) is 0 Å². The van der Waals surface area contributed by atoms with Gasteiger partial charge in [-0.3, -0.25) is 9.55 Å². The summed E-state index contributed by atoms with van der Waals surface area (Å²) in [5.41, 5.74) is 12.4. The fourth-order valence-corrected chi connectivity index (χ4v) is 6.41. The third-order valence-electron chi connectivity index (χ3n) is 8.73. The maximum absolute atomic E-state index is 11.5. The summed E-state index contributed by atoms with van der Waals surface area (Å²) in [6.45, 7) is 8.96. The van der Waals surface area contributed by atoms with Crippen LogP contribution in [-0.4, -0.2) is 19.6 Å². The quantitative estimate of drug-likeness (QED) is 0.198. The van der Waals surface area contributed by atoms with Crippen LogP contribution >= 0.6 is 0 Å². The van der Waals surface area contributed by atoms with Crippen molar-refractivity contribution in [2.24, 2.45) is 0 Å². The summed E-state index contributed by atoms with van der Waals surface area (Å²) in [5.74, 6) is 1.47. The van der Waals surface area contributed by atoms with Crippen LogP contribution in [0.25, 0.3) is 61.6 Å². The number of hydrogen-bond donors (Lipinski definition) is 1. The lowest BCUT2D eigenvalue weighted by Gasteiger charge is -2.23. The normalized spacial score (nSPS) is 11.5. The summed E-state index contributed by atoms with van der Waals surface area (Å²) in [6.07, 6.45) is 1.82. The Hall–Kier alpha value is -5.48. The van der Waals surface area contributed by atoms with Crippen molar-refractivity contribution in [3.63, 3.8) is 0 Å². The van der Waals surface area contributed by atoms with Crippen molar-refractivity contribution in [3.05, 3.63) is 145 Å². The molecule has 0 aliphatic carbocycles. The van der Waals surface area contributed by atoms with E-state index in [1.54, 1.807) is 6.07 Å². The molecule has 46 heavy (non-hydrogen) atoms. The van der Waals surface area contributed by atoms with E-state index in [1.165, 1.54) is 11.1 Å². The first kappa shape index (κ1) is 29.2. The minimum absolute atomic E-state index is 0.197. The maximum Gasteiger partial charge on any atom is 0.149 e. The maximum atomic E-state index is 11.5. The molecule has 2 heterocycles.